The maximum atomic E-state index is 13.4. The summed E-state index contributed by atoms with van der Waals surface area (Å²) < 4.78 is 2.03. The predicted octanol–water partition coefficient (Wildman–Crippen LogP) is 5.72. The molecular formula is C22H19Br2NO. The Bertz CT molecular complexity index is 858. The summed E-state index contributed by atoms with van der Waals surface area (Å²) in [5, 5.41) is 0. The first-order chi connectivity index (χ1) is 12.6. The van der Waals surface area contributed by atoms with Gasteiger partial charge in [-0.25, -0.2) is 0 Å². The Kier molecular flexibility index (Phi) is 5.00. The number of likely N-dealkylation sites (N-methyl/N-ethyl adjacent to an activating group) is 1. The monoisotopic (exact) mass is 471 g/mol. The van der Waals surface area contributed by atoms with Gasteiger partial charge < -0.3 is 0 Å². The molecule has 2 nitrogen and oxygen atoms in total. The molecule has 0 saturated carbocycles. The number of piperidine rings is 1. The van der Waals surface area contributed by atoms with Crippen molar-refractivity contribution in [2.45, 2.75) is 24.9 Å². The third-order valence-electron chi connectivity index (χ3n) is 5.37. The second kappa shape index (κ2) is 7.26. The van der Waals surface area contributed by atoms with Crippen LogP contribution in [0.3, 0.4) is 0 Å². The van der Waals surface area contributed by atoms with Crippen molar-refractivity contribution in [2.75, 3.05) is 7.05 Å². The van der Waals surface area contributed by atoms with Crippen molar-refractivity contribution >= 4 is 49.8 Å². The van der Waals surface area contributed by atoms with Crippen LogP contribution in [0.2, 0.25) is 0 Å². The van der Waals surface area contributed by atoms with Crippen molar-refractivity contribution in [3.8, 4) is 0 Å². The summed E-state index contributed by atoms with van der Waals surface area (Å²) in [6.07, 6.45) is 6.17. The Labute approximate surface area is 170 Å². The van der Waals surface area contributed by atoms with E-state index < -0.39 is 0 Å². The van der Waals surface area contributed by atoms with Gasteiger partial charge in [-0.1, -0.05) is 68.3 Å². The lowest BCUT2D eigenvalue weighted by atomic mass is 9.88. The summed E-state index contributed by atoms with van der Waals surface area (Å²) in [4.78, 5) is 15.7. The number of nitrogens with zero attached hydrogens (tertiary/aromatic N) is 1. The van der Waals surface area contributed by atoms with Crippen molar-refractivity contribution in [3.05, 3.63) is 79.7 Å². The number of hydrogen-bond donors (Lipinski definition) is 0. The first-order valence-electron chi connectivity index (χ1n) is 8.75. The van der Waals surface area contributed by atoms with Crippen LogP contribution in [-0.4, -0.2) is 29.8 Å². The Hall–Kier alpha value is -1.49. The maximum Gasteiger partial charge on any atom is 0.188 e. The van der Waals surface area contributed by atoms with Gasteiger partial charge in [-0.15, -0.1) is 0 Å². The zero-order valence-corrected chi connectivity index (χ0v) is 17.6. The van der Waals surface area contributed by atoms with Gasteiger partial charge in [0.15, 0.2) is 5.78 Å². The van der Waals surface area contributed by atoms with Crippen molar-refractivity contribution in [2.24, 2.45) is 0 Å². The minimum atomic E-state index is 0.183. The Balaban J connectivity index is 1.81. The standard InChI is InChI=1S/C22H19Br2NO/c1-25-20-10-11-21(25)17(13-15-7-3-5-9-19(15)24)22(26)16(20)12-14-6-2-4-8-18(14)23/h2-9,12-13,20-21H,10-11H2,1H3/b16-12+,17-13+. The molecule has 2 unspecified atom stereocenters. The van der Waals surface area contributed by atoms with Crippen LogP contribution in [0.15, 0.2) is 68.6 Å². The van der Waals surface area contributed by atoms with Crippen molar-refractivity contribution in [1.29, 1.82) is 0 Å². The maximum absolute atomic E-state index is 13.4. The molecule has 0 amide bonds. The van der Waals surface area contributed by atoms with Gasteiger partial charge in [0.2, 0.25) is 0 Å². The van der Waals surface area contributed by atoms with E-state index in [4.69, 9.17) is 0 Å². The molecule has 26 heavy (non-hydrogen) atoms. The Morgan fingerprint density at radius 1 is 0.846 bits per heavy atom. The number of halogens is 2. The van der Waals surface area contributed by atoms with E-state index in [1.807, 2.05) is 48.5 Å². The average Bonchev–Trinajstić information content (AvgIpc) is 2.94. The molecule has 2 fully saturated rings. The van der Waals surface area contributed by atoms with E-state index in [0.29, 0.717) is 0 Å². The van der Waals surface area contributed by atoms with Crippen LogP contribution in [0.1, 0.15) is 24.0 Å². The molecule has 0 aliphatic carbocycles. The van der Waals surface area contributed by atoms with Crippen LogP contribution in [0.4, 0.5) is 0 Å². The van der Waals surface area contributed by atoms with E-state index >= 15 is 0 Å². The van der Waals surface area contributed by atoms with Gasteiger partial charge in [-0.3, -0.25) is 9.69 Å². The number of ketones is 1. The normalized spacial score (nSPS) is 26.0. The van der Waals surface area contributed by atoms with E-state index in [0.717, 1.165) is 44.1 Å². The van der Waals surface area contributed by atoms with E-state index in [2.05, 4.69) is 56.0 Å². The van der Waals surface area contributed by atoms with Crippen LogP contribution in [0, 0.1) is 0 Å². The topological polar surface area (TPSA) is 20.3 Å². The van der Waals surface area contributed by atoms with Crippen LogP contribution >= 0.6 is 31.9 Å². The van der Waals surface area contributed by atoms with Gasteiger partial charge in [0.05, 0.1) is 0 Å². The first-order valence-corrected chi connectivity index (χ1v) is 10.3. The molecule has 4 heteroatoms. The largest absolute Gasteiger partial charge is 0.292 e. The van der Waals surface area contributed by atoms with Crippen LogP contribution in [-0.2, 0) is 4.79 Å². The molecule has 2 saturated heterocycles. The third-order valence-corrected chi connectivity index (χ3v) is 6.82. The fourth-order valence-electron chi connectivity index (χ4n) is 4.00. The minimum Gasteiger partial charge on any atom is -0.292 e. The molecule has 0 N–H and O–H groups in total. The fraction of sp³-hybridized carbons (Fsp3) is 0.227. The van der Waals surface area contributed by atoms with Crippen molar-refractivity contribution < 1.29 is 4.79 Å². The first kappa shape index (κ1) is 17.9. The lowest BCUT2D eigenvalue weighted by Gasteiger charge is -2.34. The molecular weight excluding hydrogens is 454 g/mol. The summed E-state index contributed by atoms with van der Waals surface area (Å²) in [5.41, 5.74) is 3.89. The zero-order valence-electron chi connectivity index (χ0n) is 14.5. The summed E-state index contributed by atoms with van der Waals surface area (Å²) >= 11 is 7.20. The summed E-state index contributed by atoms with van der Waals surface area (Å²) in [6.45, 7) is 0. The number of rotatable bonds is 2. The second-order valence-corrected chi connectivity index (χ2v) is 8.55. The van der Waals surface area contributed by atoms with E-state index in [1.54, 1.807) is 0 Å². The van der Waals surface area contributed by atoms with E-state index in [9.17, 15) is 4.79 Å². The number of hydrogen-bond acceptors (Lipinski definition) is 2. The van der Waals surface area contributed by atoms with E-state index in [1.165, 1.54) is 0 Å². The highest BCUT2D eigenvalue weighted by Gasteiger charge is 2.44. The number of benzene rings is 2. The Morgan fingerprint density at radius 2 is 1.27 bits per heavy atom. The number of fused-ring (bicyclic) bond motifs is 2. The Morgan fingerprint density at radius 3 is 1.69 bits per heavy atom. The summed E-state index contributed by atoms with van der Waals surface area (Å²) in [5.74, 6) is 0.183. The highest BCUT2D eigenvalue weighted by Crippen LogP contribution is 2.41. The molecule has 0 spiro atoms. The quantitative estimate of drug-likeness (QED) is 0.520. The summed E-state index contributed by atoms with van der Waals surface area (Å²) in [6, 6.07) is 16.5. The lowest BCUT2D eigenvalue weighted by molar-refractivity contribution is -0.114. The highest BCUT2D eigenvalue weighted by molar-refractivity contribution is 9.10. The highest BCUT2D eigenvalue weighted by atomic mass is 79.9. The molecule has 0 radical (unpaired) electrons. The van der Waals surface area contributed by atoms with Gasteiger partial charge in [-0.2, -0.15) is 0 Å². The number of carbonyl (C=O) groups is 1. The SMILES string of the molecule is CN1C2CCC1/C(=C\c1ccccc1Br)C(=O)/C2=C/c1ccccc1Br. The van der Waals surface area contributed by atoms with Gasteiger partial charge in [-0.05, 0) is 55.3 Å². The molecule has 2 heterocycles. The molecule has 4 rings (SSSR count). The molecule has 0 aromatic heterocycles. The molecule has 2 aromatic carbocycles. The van der Waals surface area contributed by atoms with Gasteiger partial charge >= 0.3 is 0 Å². The smallest absolute Gasteiger partial charge is 0.188 e. The minimum absolute atomic E-state index is 0.183. The molecule has 2 aliphatic heterocycles. The van der Waals surface area contributed by atoms with Crippen molar-refractivity contribution in [3.63, 3.8) is 0 Å². The molecule has 2 atom stereocenters. The van der Waals surface area contributed by atoms with Gasteiger partial charge in [0, 0.05) is 32.2 Å². The van der Waals surface area contributed by atoms with Gasteiger partial charge in [0.25, 0.3) is 0 Å². The average molecular weight is 473 g/mol. The molecule has 2 aliphatic rings. The molecule has 2 bridgehead atoms. The third kappa shape index (κ3) is 3.15. The molecule has 132 valence electrons. The van der Waals surface area contributed by atoms with Crippen LogP contribution in [0.5, 0.6) is 0 Å². The molecule has 2 aromatic rings. The van der Waals surface area contributed by atoms with Crippen LogP contribution in [0.25, 0.3) is 12.2 Å². The fourth-order valence-corrected chi connectivity index (χ4v) is 4.80. The number of carbonyl (C=O) groups excluding carboxylic acids is 1. The summed E-state index contributed by atoms with van der Waals surface area (Å²) in [7, 11) is 2.14. The zero-order chi connectivity index (χ0) is 18.3. The number of Topliss-reactive ketones (excluding diaryl/α,β-unsaturated/α-hetero) is 1. The van der Waals surface area contributed by atoms with Crippen LogP contribution < -0.4 is 0 Å². The lowest BCUT2D eigenvalue weighted by Crippen LogP contribution is -2.43. The van der Waals surface area contributed by atoms with E-state index in [-0.39, 0.29) is 17.9 Å². The predicted molar refractivity (Wildman–Crippen MR) is 114 cm³/mol. The van der Waals surface area contributed by atoms with Crippen molar-refractivity contribution in [1.82, 2.24) is 4.90 Å². The van der Waals surface area contributed by atoms with Gasteiger partial charge in [0.1, 0.15) is 0 Å². The second-order valence-electron chi connectivity index (χ2n) is 6.85.